The van der Waals surface area contributed by atoms with Gasteiger partial charge >= 0.3 is 35.5 Å². The molecule has 0 fully saturated rings. The number of fused-ring (bicyclic) bond motifs is 3. The van der Waals surface area contributed by atoms with Gasteiger partial charge in [0.2, 0.25) is 0 Å². The molecule has 13 heteroatoms. The smallest absolute Gasteiger partial charge is 0.365 e. The third-order valence-corrected chi connectivity index (χ3v) is 8.54. The van der Waals surface area contributed by atoms with Gasteiger partial charge in [0.15, 0.2) is 22.9 Å². The summed E-state index contributed by atoms with van der Waals surface area (Å²) in [7, 11) is 0. The Balaban J connectivity index is 0.000000151. The highest BCUT2D eigenvalue weighted by molar-refractivity contribution is 6.14. The number of pyridine rings is 2. The number of carboxylic acid groups (broad SMARTS) is 2. The topological polar surface area (TPSA) is 181 Å². The number of cyclic esters (lactones) is 2. The Morgan fingerprint density at radius 1 is 0.509 bits per heavy atom. The number of hydrogen-bond acceptors (Lipinski definition) is 11. The first-order valence-electron chi connectivity index (χ1n) is 16.0. The maximum Gasteiger partial charge on any atom is 0.365 e. The predicted molar refractivity (Wildman–Crippen MR) is 182 cm³/mol. The lowest BCUT2D eigenvalue weighted by molar-refractivity contribution is -0.0480. The minimum atomic E-state index is -1.46. The molecule has 0 saturated heterocycles. The second-order valence-corrected chi connectivity index (χ2v) is 11.8. The summed E-state index contributed by atoms with van der Waals surface area (Å²) in [6.07, 6.45) is 0. The van der Waals surface area contributed by atoms with E-state index in [1.54, 1.807) is 24.3 Å². The molecule has 0 spiro atoms. The second kappa shape index (κ2) is 12.7. The number of rotatable bonds is 6. The van der Waals surface area contributed by atoms with Crippen LogP contribution in [0.15, 0.2) is 133 Å². The predicted octanol–water partition coefficient (Wildman–Crippen LogP) is 6.22. The molecule has 4 aromatic carbocycles. The Morgan fingerprint density at radius 2 is 0.925 bits per heavy atom. The summed E-state index contributed by atoms with van der Waals surface area (Å²) < 4.78 is 28.9. The average molecular weight is 709 g/mol. The van der Waals surface area contributed by atoms with Gasteiger partial charge in [-0.2, -0.15) is 0 Å². The van der Waals surface area contributed by atoms with Gasteiger partial charge in [0, 0.05) is 34.4 Å². The molecule has 0 bridgehead atoms. The SMILES string of the molecule is O=C(O)c1cc2c(nc1C(=O)O)OC(c1ccccc1)(c1ccccc1)O2.O=C1OC(=O)c2nc3c(cc21)OC(c1ccccc1)(c1ccccc1)O3. The van der Waals surface area contributed by atoms with E-state index in [1.807, 2.05) is 97.1 Å². The number of esters is 2. The van der Waals surface area contributed by atoms with Crippen LogP contribution in [0, 0.1) is 0 Å². The maximum absolute atomic E-state index is 11.8. The van der Waals surface area contributed by atoms with Crippen molar-refractivity contribution < 1.29 is 53.1 Å². The van der Waals surface area contributed by atoms with Gasteiger partial charge in [-0.1, -0.05) is 121 Å². The summed E-state index contributed by atoms with van der Waals surface area (Å²) >= 11 is 0. The molecule has 3 aliphatic rings. The third kappa shape index (κ3) is 5.52. The van der Waals surface area contributed by atoms with Gasteiger partial charge in [0.25, 0.3) is 11.8 Å². The first kappa shape index (κ1) is 32.7. The van der Waals surface area contributed by atoms with Gasteiger partial charge in [0.1, 0.15) is 0 Å². The van der Waals surface area contributed by atoms with Gasteiger partial charge in [-0.05, 0) is 0 Å². The van der Waals surface area contributed by atoms with E-state index in [1.165, 1.54) is 6.07 Å². The summed E-state index contributed by atoms with van der Waals surface area (Å²) in [6, 6.07) is 39.5. The van der Waals surface area contributed by atoms with Gasteiger partial charge in [-0.25, -0.2) is 29.1 Å². The molecule has 0 unspecified atom stereocenters. The van der Waals surface area contributed by atoms with E-state index in [-0.39, 0.29) is 34.5 Å². The standard InChI is InChI=1S/C20H13NO6.C20H11NO5/c22-18(23)14-11-15-17(21-16(14)19(24)25)27-20(26-15,12-7-3-1-4-8-12)13-9-5-2-6-10-13;22-18-14-11-15-17(21-16(14)19(23)24-18)26-20(25-15,12-7-3-1-4-8-12)13-9-5-2-6-10-13/h1-11H,(H,22,23)(H,24,25);1-11H. The quantitative estimate of drug-likeness (QED) is 0.147. The lowest BCUT2D eigenvalue weighted by atomic mass is 9.97. The minimum absolute atomic E-state index is 0.0603. The number of aromatic carboxylic acids is 2. The number of ether oxygens (including phenoxy) is 5. The van der Waals surface area contributed by atoms with Gasteiger partial charge < -0.3 is 33.9 Å². The zero-order valence-corrected chi connectivity index (χ0v) is 27.2. The second-order valence-electron chi connectivity index (χ2n) is 11.8. The Kier molecular flexibility index (Phi) is 7.80. The van der Waals surface area contributed by atoms with Crippen LogP contribution in [0.1, 0.15) is 63.9 Å². The maximum atomic E-state index is 11.8. The van der Waals surface area contributed by atoms with Gasteiger partial charge in [-0.3, -0.25) is 0 Å². The summed E-state index contributed by atoms with van der Waals surface area (Å²) in [6.45, 7) is 0. The normalized spacial score (nSPS) is 15.1. The van der Waals surface area contributed by atoms with Crippen LogP contribution in [-0.2, 0) is 16.3 Å². The van der Waals surface area contributed by atoms with Crippen molar-refractivity contribution in [2.24, 2.45) is 0 Å². The first-order chi connectivity index (χ1) is 25.7. The van der Waals surface area contributed by atoms with Crippen LogP contribution in [0.3, 0.4) is 0 Å². The number of aromatic nitrogens is 2. The summed E-state index contributed by atoms with van der Waals surface area (Å²) in [5, 5.41) is 18.6. The molecule has 260 valence electrons. The first-order valence-corrected chi connectivity index (χ1v) is 16.0. The molecule has 2 aromatic heterocycles. The molecular weight excluding hydrogens is 684 g/mol. The van der Waals surface area contributed by atoms with Gasteiger partial charge in [0.05, 0.1) is 11.1 Å². The number of benzene rings is 4. The van der Waals surface area contributed by atoms with Crippen molar-refractivity contribution >= 4 is 23.9 Å². The zero-order chi connectivity index (χ0) is 36.7. The zero-order valence-electron chi connectivity index (χ0n) is 27.2. The minimum Gasteiger partial charge on any atom is -0.478 e. The van der Waals surface area contributed by atoms with E-state index >= 15 is 0 Å². The fourth-order valence-electron chi connectivity index (χ4n) is 6.13. The highest BCUT2D eigenvalue weighted by atomic mass is 16.7. The fraction of sp³-hybridized carbons (Fsp3) is 0.0500. The summed E-state index contributed by atoms with van der Waals surface area (Å²) in [5.41, 5.74) is 1.77. The van der Waals surface area contributed by atoms with Crippen molar-refractivity contribution in [3.63, 3.8) is 0 Å². The number of nitrogens with zero attached hydrogens (tertiary/aromatic N) is 2. The number of carboxylic acids is 2. The van der Waals surface area contributed by atoms with Crippen LogP contribution in [0.25, 0.3) is 0 Å². The molecule has 0 amide bonds. The van der Waals surface area contributed by atoms with Crippen LogP contribution in [0.5, 0.6) is 23.3 Å². The molecule has 0 saturated carbocycles. The van der Waals surface area contributed by atoms with Crippen molar-refractivity contribution in [2.45, 2.75) is 11.6 Å². The Labute approximate surface area is 299 Å². The Hall–Kier alpha value is -7.54. The van der Waals surface area contributed by atoms with E-state index in [9.17, 15) is 29.4 Å². The van der Waals surface area contributed by atoms with Crippen molar-refractivity contribution in [1.29, 1.82) is 0 Å². The van der Waals surface area contributed by atoms with Gasteiger partial charge in [-0.15, -0.1) is 0 Å². The molecule has 0 aliphatic carbocycles. The largest absolute Gasteiger partial charge is 0.478 e. The van der Waals surface area contributed by atoms with Crippen LogP contribution in [0.4, 0.5) is 0 Å². The average Bonchev–Trinajstić information content (AvgIpc) is 3.86. The summed E-state index contributed by atoms with van der Waals surface area (Å²) in [4.78, 5) is 54.5. The lowest BCUT2D eigenvalue weighted by Gasteiger charge is -2.28. The molecule has 53 heavy (non-hydrogen) atoms. The molecule has 5 heterocycles. The molecule has 9 rings (SSSR count). The lowest BCUT2D eigenvalue weighted by Crippen LogP contribution is -2.36. The van der Waals surface area contributed by atoms with Crippen molar-refractivity contribution in [3.8, 4) is 23.3 Å². The van der Waals surface area contributed by atoms with E-state index < -0.39 is 46.7 Å². The summed E-state index contributed by atoms with van der Waals surface area (Å²) in [5.74, 6) is -6.64. The van der Waals surface area contributed by atoms with Crippen molar-refractivity contribution in [3.05, 3.63) is 178 Å². The van der Waals surface area contributed by atoms with Crippen LogP contribution >= 0.6 is 0 Å². The number of carbonyl (C=O) groups excluding carboxylic acids is 2. The van der Waals surface area contributed by atoms with Crippen LogP contribution < -0.4 is 18.9 Å². The molecule has 0 atom stereocenters. The number of carbonyl (C=O) groups is 4. The van der Waals surface area contributed by atoms with E-state index in [0.717, 1.165) is 17.2 Å². The Morgan fingerprint density at radius 3 is 1.34 bits per heavy atom. The Bertz CT molecular complexity index is 2250. The van der Waals surface area contributed by atoms with E-state index in [4.69, 9.17) is 18.9 Å². The number of hydrogen-bond donors (Lipinski definition) is 2. The van der Waals surface area contributed by atoms with Crippen LogP contribution in [-0.4, -0.2) is 44.1 Å². The molecule has 3 aliphatic heterocycles. The van der Waals surface area contributed by atoms with E-state index in [0.29, 0.717) is 11.1 Å². The monoisotopic (exact) mass is 708 g/mol. The van der Waals surface area contributed by atoms with E-state index in [2.05, 4.69) is 14.7 Å². The molecule has 6 aromatic rings. The molecule has 13 nitrogen and oxygen atoms in total. The molecule has 2 N–H and O–H groups in total. The molecular formula is C40H24N2O11. The third-order valence-electron chi connectivity index (χ3n) is 8.54. The van der Waals surface area contributed by atoms with Crippen molar-refractivity contribution in [2.75, 3.05) is 0 Å². The molecule has 0 radical (unpaired) electrons. The van der Waals surface area contributed by atoms with Crippen molar-refractivity contribution in [1.82, 2.24) is 9.97 Å². The highest BCUT2D eigenvalue weighted by Crippen LogP contribution is 2.49. The fourth-order valence-corrected chi connectivity index (χ4v) is 6.13. The highest BCUT2D eigenvalue weighted by Gasteiger charge is 2.49. The van der Waals surface area contributed by atoms with Crippen LogP contribution in [0.2, 0.25) is 0 Å².